The zero-order valence-corrected chi connectivity index (χ0v) is 20.2. The van der Waals surface area contributed by atoms with Crippen molar-refractivity contribution in [2.45, 2.75) is 43.4 Å². The average molecular weight is 542 g/mol. The minimum absolute atomic E-state index is 0.0112. The van der Waals surface area contributed by atoms with Crippen molar-refractivity contribution < 1.29 is 69.0 Å². The van der Waals surface area contributed by atoms with E-state index in [0.29, 0.717) is 0 Å². The van der Waals surface area contributed by atoms with E-state index in [2.05, 4.69) is 6.58 Å². The lowest BCUT2D eigenvalue weighted by molar-refractivity contribution is -0.339. The normalized spacial score (nSPS) is 31.0. The molecule has 8 atom stereocenters. The third-order valence-electron chi connectivity index (χ3n) is 6.28. The first-order chi connectivity index (χ1) is 18.0. The number of carbonyl (C=O) groups excluding carboxylic acids is 2. The Kier molecular flexibility index (Phi) is 9.54. The number of carbonyl (C=O) groups is 2. The zero-order chi connectivity index (χ0) is 28.1. The highest BCUT2D eigenvalue weighted by molar-refractivity contribution is 5.91. The van der Waals surface area contributed by atoms with Crippen LogP contribution in [0.25, 0.3) is 0 Å². The monoisotopic (exact) mass is 542 g/mol. The minimum atomic E-state index is -1.70. The lowest BCUT2D eigenvalue weighted by Crippen LogP contribution is -2.60. The molecule has 0 amide bonds. The van der Waals surface area contributed by atoms with Gasteiger partial charge in [0.05, 0.1) is 37.7 Å². The van der Waals surface area contributed by atoms with Crippen molar-refractivity contribution in [2.24, 2.45) is 11.8 Å². The SMILES string of the molecule is C=C[C@H]1[C@H](O[C@@H]2O[C@H](CO)[C@@H](O)[C@H](O)[C@H]2O)OC=C(C(=O)OC)[C@H]1CCOC(=O)c1cc(O)c(O)c(O)c1. The fourth-order valence-corrected chi connectivity index (χ4v) is 4.17. The number of benzene rings is 1. The van der Waals surface area contributed by atoms with Gasteiger partial charge in [0, 0.05) is 11.8 Å². The standard InChI is InChI=1S/C24H30O14/c1-3-11-12(4-5-35-21(32)10-6-14(26)17(28)15(27)7-10)13(22(33)34-2)9-36-23(11)38-24-20(31)19(30)18(29)16(8-25)37-24/h3,6-7,9,11-12,16,18-20,23-31H,1,4-5,8H2,2H3/t11-,12+,16-,18-,19+,20-,23+,24+/m1/s1. The second-order valence-electron chi connectivity index (χ2n) is 8.61. The van der Waals surface area contributed by atoms with Crippen molar-refractivity contribution >= 4 is 11.9 Å². The molecule has 0 aliphatic carbocycles. The van der Waals surface area contributed by atoms with Crippen LogP contribution in [-0.2, 0) is 28.5 Å². The molecule has 1 saturated heterocycles. The number of rotatable bonds is 9. The van der Waals surface area contributed by atoms with Crippen molar-refractivity contribution in [1.82, 2.24) is 0 Å². The summed E-state index contributed by atoms with van der Waals surface area (Å²) in [6.45, 7) is 2.80. The van der Waals surface area contributed by atoms with Crippen LogP contribution in [0.2, 0.25) is 0 Å². The highest BCUT2D eigenvalue weighted by Gasteiger charge is 2.47. The van der Waals surface area contributed by atoms with Crippen molar-refractivity contribution in [3.63, 3.8) is 0 Å². The number of phenols is 3. The smallest absolute Gasteiger partial charge is 0.338 e. The summed E-state index contributed by atoms with van der Waals surface area (Å²) in [5.74, 6) is -5.48. The van der Waals surface area contributed by atoms with Gasteiger partial charge in [-0.15, -0.1) is 6.58 Å². The maximum atomic E-state index is 12.4. The minimum Gasteiger partial charge on any atom is -0.504 e. The summed E-state index contributed by atoms with van der Waals surface area (Å²) in [5, 5.41) is 68.4. The van der Waals surface area contributed by atoms with Gasteiger partial charge in [-0.2, -0.15) is 0 Å². The third-order valence-corrected chi connectivity index (χ3v) is 6.28. The molecule has 0 radical (unpaired) electrons. The van der Waals surface area contributed by atoms with Crippen LogP contribution in [0, 0.1) is 11.8 Å². The largest absolute Gasteiger partial charge is 0.504 e. The highest BCUT2D eigenvalue weighted by atomic mass is 16.8. The molecule has 1 fully saturated rings. The molecular weight excluding hydrogens is 512 g/mol. The molecule has 38 heavy (non-hydrogen) atoms. The van der Waals surface area contributed by atoms with Gasteiger partial charge in [0.1, 0.15) is 24.4 Å². The number of aliphatic hydroxyl groups is 4. The van der Waals surface area contributed by atoms with Gasteiger partial charge >= 0.3 is 11.9 Å². The van der Waals surface area contributed by atoms with E-state index in [-0.39, 0.29) is 24.2 Å². The summed E-state index contributed by atoms with van der Waals surface area (Å²) in [4.78, 5) is 24.8. The number of esters is 2. The molecule has 14 heteroatoms. The van der Waals surface area contributed by atoms with Crippen LogP contribution in [0.5, 0.6) is 17.2 Å². The van der Waals surface area contributed by atoms with Crippen molar-refractivity contribution in [2.75, 3.05) is 20.3 Å². The van der Waals surface area contributed by atoms with E-state index in [1.54, 1.807) is 0 Å². The second kappa shape index (κ2) is 12.4. The molecule has 7 N–H and O–H groups in total. The van der Waals surface area contributed by atoms with Gasteiger partial charge in [0.2, 0.25) is 6.29 Å². The second-order valence-corrected chi connectivity index (χ2v) is 8.61. The fraction of sp³-hybridized carbons (Fsp3) is 0.500. The van der Waals surface area contributed by atoms with Crippen molar-refractivity contribution in [3.05, 3.63) is 42.2 Å². The molecule has 2 aliphatic rings. The van der Waals surface area contributed by atoms with E-state index in [9.17, 15) is 45.3 Å². The molecule has 2 aliphatic heterocycles. The van der Waals surface area contributed by atoms with Gasteiger partial charge in [-0.25, -0.2) is 9.59 Å². The van der Waals surface area contributed by atoms with Gasteiger partial charge in [-0.05, 0) is 18.6 Å². The zero-order valence-electron chi connectivity index (χ0n) is 20.2. The lowest BCUT2D eigenvalue weighted by Gasteiger charge is -2.43. The molecule has 3 rings (SSSR count). The molecule has 1 aromatic rings. The van der Waals surface area contributed by atoms with Crippen LogP contribution in [0.1, 0.15) is 16.8 Å². The number of aromatic hydroxyl groups is 3. The Morgan fingerprint density at radius 3 is 2.26 bits per heavy atom. The van der Waals surface area contributed by atoms with Gasteiger partial charge in [-0.3, -0.25) is 0 Å². The number of hydrogen-bond donors (Lipinski definition) is 7. The van der Waals surface area contributed by atoms with Crippen LogP contribution in [0.15, 0.2) is 36.6 Å². The summed E-state index contributed by atoms with van der Waals surface area (Å²) in [6.07, 6.45) is -6.49. The highest BCUT2D eigenvalue weighted by Crippen LogP contribution is 2.38. The molecule has 0 saturated carbocycles. The average Bonchev–Trinajstić information content (AvgIpc) is 2.91. The topological polar surface area (TPSA) is 222 Å². The molecule has 210 valence electrons. The van der Waals surface area contributed by atoms with Gasteiger partial charge in [0.25, 0.3) is 0 Å². The Morgan fingerprint density at radius 2 is 1.68 bits per heavy atom. The van der Waals surface area contributed by atoms with Crippen molar-refractivity contribution in [1.29, 1.82) is 0 Å². The van der Waals surface area contributed by atoms with E-state index < -0.39 is 84.6 Å². The van der Waals surface area contributed by atoms with Crippen LogP contribution in [0.4, 0.5) is 0 Å². The molecule has 2 heterocycles. The number of phenolic OH excluding ortho intramolecular Hbond substituents is 3. The molecule has 0 bridgehead atoms. The molecule has 1 aromatic carbocycles. The first-order valence-corrected chi connectivity index (χ1v) is 11.5. The van der Waals surface area contributed by atoms with Gasteiger partial charge in [0.15, 0.2) is 23.5 Å². The van der Waals surface area contributed by atoms with Gasteiger partial charge in [-0.1, -0.05) is 6.08 Å². The summed E-state index contributed by atoms with van der Waals surface area (Å²) in [6, 6.07) is 1.81. The van der Waals surface area contributed by atoms with E-state index in [0.717, 1.165) is 25.5 Å². The van der Waals surface area contributed by atoms with Crippen LogP contribution >= 0.6 is 0 Å². The van der Waals surface area contributed by atoms with E-state index in [1.165, 1.54) is 6.08 Å². The maximum absolute atomic E-state index is 12.4. The van der Waals surface area contributed by atoms with Crippen molar-refractivity contribution in [3.8, 4) is 17.2 Å². The Balaban J connectivity index is 1.75. The van der Waals surface area contributed by atoms with Crippen LogP contribution in [0.3, 0.4) is 0 Å². The van der Waals surface area contributed by atoms with Gasteiger partial charge < -0.3 is 59.4 Å². The number of methoxy groups -OCH3 is 1. The Morgan fingerprint density at radius 1 is 1.03 bits per heavy atom. The predicted molar refractivity (Wildman–Crippen MR) is 123 cm³/mol. The predicted octanol–water partition coefficient (Wildman–Crippen LogP) is -1.00. The first kappa shape index (κ1) is 29.2. The molecule has 14 nitrogen and oxygen atoms in total. The molecule has 0 spiro atoms. The quantitative estimate of drug-likeness (QED) is 0.113. The summed E-state index contributed by atoms with van der Waals surface area (Å²) >= 11 is 0. The van der Waals surface area contributed by atoms with Crippen LogP contribution < -0.4 is 0 Å². The first-order valence-electron chi connectivity index (χ1n) is 11.5. The summed E-state index contributed by atoms with van der Waals surface area (Å²) in [5.41, 5.74) is -0.181. The number of aliphatic hydroxyl groups excluding tert-OH is 4. The summed E-state index contributed by atoms with van der Waals surface area (Å²) in [7, 11) is 1.16. The lowest BCUT2D eigenvalue weighted by atomic mass is 9.82. The Bertz CT molecular complexity index is 1030. The maximum Gasteiger partial charge on any atom is 0.338 e. The number of hydrogen-bond acceptors (Lipinski definition) is 14. The molecule has 0 aromatic heterocycles. The van der Waals surface area contributed by atoms with E-state index in [4.69, 9.17) is 23.7 Å². The summed E-state index contributed by atoms with van der Waals surface area (Å²) < 4.78 is 26.6. The molecule has 0 unspecified atom stereocenters. The molecular formula is C24H30O14. The van der Waals surface area contributed by atoms with E-state index >= 15 is 0 Å². The Labute approximate surface area is 216 Å². The Hall–Kier alpha value is -3.40. The van der Waals surface area contributed by atoms with E-state index in [1.807, 2.05) is 0 Å². The number of ether oxygens (including phenoxy) is 5. The van der Waals surface area contributed by atoms with Crippen LogP contribution in [-0.4, -0.2) is 105 Å². The third kappa shape index (κ3) is 6.01. The fourth-order valence-electron chi connectivity index (χ4n) is 4.17.